The molecule has 15 heteroatoms. The summed E-state index contributed by atoms with van der Waals surface area (Å²) in [6, 6.07) is 101. The molecular formula is C90H81F3N6O3SSi2. The minimum absolute atomic E-state index is 0.313. The van der Waals surface area contributed by atoms with Crippen LogP contribution in [0.15, 0.2) is 348 Å². The first kappa shape index (κ1) is 73.6. The van der Waals surface area contributed by atoms with E-state index < -0.39 is 50.9 Å². The van der Waals surface area contributed by atoms with Crippen LogP contribution in [0.5, 0.6) is 0 Å². The number of nitriles is 3. The van der Waals surface area contributed by atoms with Gasteiger partial charge in [0.1, 0.15) is 23.8 Å². The molecule has 0 aromatic heterocycles. The van der Waals surface area contributed by atoms with Crippen molar-refractivity contribution < 1.29 is 26.8 Å². The van der Waals surface area contributed by atoms with Crippen LogP contribution >= 0.6 is 11.8 Å². The average Bonchev–Trinajstić information content (AvgIpc) is 1.58. The smallest absolute Gasteiger partial charge is 0.437 e. The molecule has 0 radical (unpaired) electrons. The molecule has 9 nitrogen and oxygen atoms in total. The van der Waals surface area contributed by atoms with E-state index in [0.717, 1.165) is 72.2 Å². The van der Waals surface area contributed by atoms with E-state index in [1.807, 2.05) is 44.4 Å². The average molecular weight is 1440 g/mol. The van der Waals surface area contributed by atoms with Crippen molar-refractivity contribution in [2.24, 2.45) is 5.41 Å². The van der Waals surface area contributed by atoms with Gasteiger partial charge in [-0.2, -0.15) is 29.0 Å². The van der Waals surface area contributed by atoms with Crippen LogP contribution in [0.1, 0.15) is 44.7 Å². The summed E-state index contributed by atoms with van der Waals surface area (Å²) in [5.74, 6) is -0.204. The van der Waals surface area contributed by atoms with E-state index in [1.54, 1.807) is 30.0 Å². The molecule has 2 aliphatic rings. The first-order valence-electron chi connectivity index (χ1n) is 35.1. The number of likely N-dealkylation sites (N-methyl/N-ethyl adjacent to an activating group) is 1. The molecule has 0 fully saturated rings. The van der Waals surface area contributed by atoms with Gasteiger partial charge in [0.05, 0.1) is 6.61 Å². The van der Waals surface area contributed by atoms with Crippen molar-refractivity contribution in [3.05, 3.63) is 359 Å². The predicted octanol–water partition coefficient (Wildman–Crippen LogP) is 17.3. The van der Waals surface area contributed by atoms with Gasteiger partial charge >= 0.3 is 6.18 Å². The van der Waals surface area contributed by atoms with E-state index in [1.165, 1.54) is 52.0 Å². The van der Waals surface area contributed by atoms with E-state index >= 15 is 13.2 Å². The molecule has 0 bridgehead atoms. The van der Waals surface area contributed by atoms with E-state index in [9.17, 15) is 15.8 Å². The summed E-state index contributed by atoms with van der Waals surface area (Å²) in [5.41, 5.74) is 2.26. The van der Waals surface area contributed by atoms with Crippen LogP contribution in [0.2, 0.25) is 0 Å². The number of alkyl halides is 3. The summed E-state index contributed by atoms with van der Waals surface area (Å²) < 4.78 is 68.7. The zero-order valence-corrected chi connectivity index (χ0v) is 62.2. The molecule has 12 rings (SSSR count). The summed E-state index contributed by atoms with van der Waals surface area (Å²) in [5, 5.41) is 37.5. The van der Waals surface area contributed by atoms with Crippen molar-refractivity contribution in [2.75, 3.05) is 60.9 Å². The van der Waals surface area contributed by atoms with Crippen LogP contribution in [0.4, 0.5) is 41.6 Å². The molecule has 105 heavy (non-hydrogen) atoms. The number of hydrogen-bond acceptors (Lipinski definition) is 10. The third-order valence-electron chi connectivity index (χ3n) is 19.3. The highest BCUT2D eigenvalue weighted by Crippen LogP contribution is 2.56. The van der Waals surface area contributed by atoms with Crippen LogP contribution in [-0.4, -0.2) is 69.0 Å². The lowest BCUT2D eigenvalue weighted by atomic mass is 9.74. The Labute approximate surface area is 621 Å². The fraction of sp³-hybridized carbons (Fsp3) is 0.167. The number of allylic oxidation sites excluding steroid dienone is 7. The summed E-state index contributed by atoms with van der Waals surface area (Å²) >= 11 is 1.64. The van der Waals surface area contributed by atoms with E-state index in [2.05, 4.69) is 284 Å². The van der Waals surface area contributed by atoms with Crippen molar-refractivity contribution in [1.82, 2.24) is 0 Å². The van der Waals surface area contributed by atoms with Crippen molar-refractivity contribution in [3.63, 3.8) is 0 Å². The van der Waals surface area contributed by atoms with Crippen LogP contribution in [0.3, 0.4) is 0 Å². The van der Waals surface area contributed by atoms with Crippen LogP contribution in [0.25, 0.3) is 6.08 Å². The maximum absolute atomic E-state index is 16.0. The third-order valence-corrected chi connectivity index (χ3v) is 28.6. The summed E-state index contributed by atoms with van der Waals surface area (Å²) in [6.45, 7) is 8.86. The number of benzene rings is 10. The third kappa shape index (κ3) is 15.7. The minimum Gasteiger partial charge on any atom is -0.465 e. The maximum Gasteiger partial charge on any atom is 0.437 e. The number of hydrogen-bond donors (Lipinski definition) is 0. The van der Waals surface area contributed by atoms with Gasteiger partial charge in [-0.1, -0.05) is 269 Å². The topological polar surface area (TPSA) is 109 Å². The van der Waals surface area contributed by atoms with Crippen molar-refractivity contribution in [3.8, 4) is 18.2 Å². The van der Waals surface area contributed by atoms with Crippen molar-refractivity contribution in [1.29, 1.82) is 15.8 Å². The molecule has 0 amide bonds. The van der Waals surface area contributed by atoms with Gasteiger partial charge < -0.3 is 28.3 Å². The van der Waals surface area contributed by atoms with E-state index in [0.29, 0.717) is 38.4 Å². The van der Waals surface area contributed by atoms with Gasteiger partial charge in [-0.05, 0) is 134 Å². The maximum atomic E-state index is 16.0. The lowest BCUT2D eigenvalue weighted by Gasteiger charge is -2.35. The Morgan fingerprint density at radius 1 is 0.524 bits per heavy atom. The van der Waals surface area contributed by atoms with Gasteiger partial charge in [0.2, 0.25) is 0 Å². The summed E-state index contributed by atoms with van der Waals surface area (Å²) in [6.07, 6.45) is 4.98. The first-order valence-corrected chi connectivity index (χ1v) is 39.9. The largest absolute Gasteiger partial charge is 0.465 e. The quantitative estimate of drug-likeness (QED) is 0.0225. The second-order valence-corrected chi connectivity index (χ2v) is 34.6. The highest BCUT2D eigenvalue weighted by atomic mass is 32.2. The zero-order valence-electron chi connectivity index (χ0n) is 59.4. The lowest BCUT2D eigenvalue weighted by Crippen LogP contribution is -2.69. The van der Waals surface area contributed by atoms with Crippen LogP contribution in [0, 0.1) is 39.4 Å². The predicted molar refractivity (Wildman–Crippen MR) is 428 cm³/mol. The van der Waals surface area contributed by atoms with Gasteiger partial charge in [-0.15, -0.1) is 11.8 Å². The first-order chi connectivity index (χ1) is 51.1. The second-order valence-electron chi connectivity index (χ2n) is 26.8. The molecule has 1 heterocycles. The molecule has 10 aromatic rings. The normalized spacial score (nSPS) is 15.7. The van der Waals surface area contributed by atoms with Crippen LogP contribution in [-0.2, 0) is 19.2 Å². The molecular weight excluding hydrogens is 1360 g/mol. The number of nitrogens with zero attached hydrogens (tertiary/aromatic N) is 6. The molecule has 1 unspecified atom stereocenters. The Morgan fingerprint density at radius 2 is 0.933 bits per heavy atom. The molecule has 0 saturated carbocycles. The second kappa shape index (κ2) is 33.1. The van der Waals surface area contributed by atoms with E-state index in [4.69, 9.17) is 13.6 Å². The zero-order chi connectivity index (χ0) is 73.4. The molecule has 1 atom stereocenters. The van der Waals surface area contributed by atoms with Gasteiger partial charge in [-0.25, -0.2) is 0 Å². The Hall–Kier alpha value is -11.2. The Bertz CT molecular complexity index is 4740. The van der Waals surface area contributed by atoms with Crippen molar-refractivity contribution >= 4 is 94.0 Å². The Morgan fingerprint density at radius 3 is 1.34 bits per heavy atom. The number of rotatable bonds is 26. The standard InChI is InChI=1S/C90H81F3N6O3SSi2/c1-6-98(59-60-100-104(78-32-16-8-17-33-78,79-34-18-9-19-35-79)80-36-20-10-21-37-80)74-53-57-77(58-54-74)99(76-55-51-73(52-56-76)97(4)5)75-49-46-68(47-50-75)45-48-70-64-88(2,3)63-69(29-28-44-85-84(67-96)86(71(65-94)66-95)102-89(85,90(91,92)93)72-30-14-7-15-31-72)87(70)103-62-61-101-105(81-38-22-11-23-39-81,82-40-24-12-25-41-82)83-42-26-13-27-43-83/h7-58H,6,59-64H2,1-5H3/b44-28+,48-45+,69-29+. The Balaban J connectivity index is 0.886. The molecule has 0 N–H and O–H groups in total. The van der Waals surface area contributed by atoms with E-state index in [-0.39, 0.29) is 11.0 Å². The van der Waals surface area contributed by atoms with Gasteiger partial charge in [-0.3, -0.25) is 0 Å². The van der Waals surface area contributed by atoms with Crippen LogP contribution < -0.4 is 45.8 Å². The molecule has 10 aromatic carbocycles. The molecule has 0 saturated heterocycles. The lowest BCUT2D eigenvalue weighted by molar-refractivity contribution is -0.249. The molecule has 1 aliphatic heterocycles. The number of anilines is 5. The van der Waals surface area contributed by atoms with Gasteiger partial charge in [0, 0.05) is 84.0 Å². The number of halogens is 3. The van der Waals surface area contributed by atoms with Crippen molar-refractivity contribution in [2.45, 2.75) is 45.4 Å². The summed E-state index contributed by atoms with van der Waals surface area (Å²) in [7, 11) is -1.97. The molecule has 0 spiro atoms. The minimum atomic E-state index is -5.15. The summed E-state index contributed by atoms with van der Waals surface area (Å²) in [4.78, 5) is 7.68. The Kier molecular flexibility index (Phi) is 23.2. The molecule has 524 valence electrons. The SMILES string of the molecule is CCN(CCO[Si](c1ccccc1)(c1ccccc1)c1ccccc1)c1ccc(N(c2ccc(/C=C/C3=C(SCCO[Si](c4ccccc4)(c4ccccc4)c4ccccc4)C(=C/C=C/C4=C(C#N)C(=C(C#N)C#N)OC4(c4ccccc4)C(F)(F)F)/CC(C)(C)C3)cc2)c2ccc(N(C)C)cc2)cc1. The van der Waals surface area contributed by atoms with Gasteiger partial charge in [0.15, 0.2) is 11.3 Å². The van der Waals surface area contributed by atoms with Gasteiger partial charge in [0.25, 0.3) is 22.2 Å². The highest BCUT2D eigenvalue weighted by Gasteiger charge is 2.65. The number of thioether (sulfide) groups is 1. The fourth-order valence-electron chi connectivity index (χ4n) is 14.4. The molecule has 1 aliphatic carbocycles. The number of ether oxygens (including phenoxy) is 1. The highest BCUT2D eigenvalue weighted by molar-refractivity contribution is 8.03. The fourth-order valence-corrected chi connectivity index (χ4v) is 23.3. The monoisotopic (exact) mass is 1440 g/mol.